The van der Waals surface area contributed by atoms with Crippen molar-refractivity contribution in [1.29, 1.82) is 0 Å². The van der Waals surface area contributed by atoms with E-state index in [1.807, 2.05) is 12.1 Å². The van der Waals surface area contributed by atoms with Gasteiger partial charge in [0.05, 0.1) is 59.5 Å². The molecule has 3 heterocycles. The zero-order valence-corrected chi connectivity index (χ0v) is 25.6. The van der Waals surface area contributed by atoms with Crippen LogP contribution in [0.3, 0.4) is 0 Å². The SMILES string of the molecule is [2H]c1c([2H])c([2H])c(-n2c3c([2H])c([2H])c([2H])c([2H])c3c3c([2H])c(-c4c([2H])c([2H])c5c(c4[2H])c4c([2H])c([2H])c([2H])c([2H])c4n5-c4nc(-c5ccccc5)cc(-c5ccccc5)n4)c([2H])c([2H])c32)c([2H])c1[2H]. The molecule has 0 amide bonds. The van der Waals surface area contributed by atoms with Crippen LogP contribution >= 0.6 is 0 Å². The summed E-state index contributed by atoms with van der Waals surface area (Å²) in [7, 11) is 0. The van der Waals surface area contributed by atoms with E-state index >= 15 is 0 Å². The molecule has 0 aliphatic carbocycles. The highest BCUT2D eigenvalue weighted by Crippen LogP contribution is 2.38. The first-order valence-corrected chi connectivity index (χ1v) is 15.4. The molecule has 0 spiro atoms. The van der Waals surface area contributed by atoms with Crippen LogP contribution < -0.4 is 0 Å². The molecule has 0 aliphatic rings. The van der Waals surface area contributed by atoms with E-state index < -0.39 is 153 Å². The van der Waals surface area contributed by atoms with E-state index in [4.69, 9.17) is 25.0 Å². The molecule has 234 valence electrons. The van der Waals surface area contributed by atoms with Crippen LogP contribution in [0.25, 0.3) is 88.9 Å². The lowest BCUT2D eigenvalue weighted by Crippen LogP contribution is -2.03. The molecular formula is C46H30N4. The van der Waals surface area contributed by atoms with E-state index in [0.29, 0.717) is 22.5 Å². The number of para-hydroxylation sites is 3. The van der Waals surface area contributed by atoms with Crippen molar-refractivity contribution >= 4 is 43.6 Å². The van der Waals surface area contributed by atoms with Crippen molar-refractivity contribution in [2.45, 2.75) is 0 Å². The van der Waals surface area contributed by atoms with E-state index in [-0.39, 0.29) is 27.8 Å². The summed E-state index contributed by atoms with van der Waals surface area (Å²) in [6, 6.07) is 5.21. The molecule has 0 saturated carbocycles. The molecule has 0 saturated heterocycles. The summed E-state index contributed by atoms with van der Waals surface area (Å²) in [5, 5.41) is -1.52. The summed E-state index contributed by atoms with van der Waals surface area (Å²) < 4.78 is 174. The Balaban J connectivity index is 1.39. The van der Waals surface area contributed by atoms with Gasteiger partial charge in [-0.05, 0) is 65.5 Å². The Hall–Kier alpha value is -6.78. The Bertz CT molecular complexity index is 3860. The average Bonchev–Trinajstić information content (AvgIpc) is 3.91. The van der Waals surface area contributed by atoms with Crippen LogP contribution in [0.4, 0.5) is 0 Å². The highest BCUT2D eigenvalue weighted by atomic mass is 15.2. The van der Waals surface area contributed by atoms with Crippen LogP contribution in [0.2, 0.25) is 0 Å². The summed E-state index contributed by atoms with van der Waals surface area (Å²) in [5.74, 6) is -0.188. The highest BCUT2D eigenvalue weighted by Gasteiger charge is 2.18. The molecule has 10 aromatic rings. The van der Waals surface area contributed by atoms with Crippen molar-refractivity contribution in [2.24, 2.45) is 0 Å². The molecule has 4 heteroatoms. The predicted molar refractivity (Wildman–Crippen MR) is 207 cm³/mol. The topological polar surface area (TPSA) is 35.6 Å². The molecule has 7 aromatic carbocycles. The zero-order valence-electron chi connectivity index (χ0n) is 44.6. The minimum Gasteiger partial charge on any atom is -0.309 e. The van der Waals surface area contributed by atoms with E-state index in [1.54, 1.807) is 54.6 Å². The van der Waals surface area contributed by atoms with Gasteiger partial charge in [0.25, 0.3) is 0 Å². The number of aromatic nitrogens is 4. The second kappa shape index (κ2) is 11.4. The van der Waals surface area contributed by atoms with E-state index in [2.05, 4.69) is 0 Å². The van der Waals surface area contributed by atoms with Gasteiger partial charge in [-0.15, -0.1) is 0 Å². The lowest BCUT2D eigenvalue weighted by atomic mass is 10.0. The Kier molecular flexibility index (Phi) is 3.47. The molecule has 0 aliphatic heterocycles. The number of hydrogen-bond donors (Lipinski definition) is 0. The summed E-state index contributed by atoms with van der Waals surface area (Å²) in [6.07, 6.45) is 0. The quantitative estimate of drug-likeness (QED) is 0.185. The molecule has 0 atom stereocenters. The van der Waals surface area contributed by atoms with Crippen molar-refractivity contribution in [1.82, 2.24) is 19.1 Å². The molecule has 3 aromatic heterocycles. The van der Waals surface area contributed by atoms with Crippen LogP contribution in [0.15, 0.2) is 182 Å². The van der Waals surface area contributed by atoms with Gasteiger partial charge in [-0.25, -0.2) is 9.97 Å². The van der Waals surface area contributed by atoms with Gasteiger partial charge >= 0.3 is 0 Å². The molecule has 0 unspecified atom stereocenters. The Morgan fingerprint density at radius 1 is 0.400 bits per heavy atom. The van der Waals surface area contributed by atoms with Crippen LogP contribution in [-0.2, 0) is 0 Å². The average molecular weight is 658 g/mol. The minimum absolute atomic E-state index is 0.188. The van der Waals surface area contributed by atoms with Gasteiger partial charge < -0.3 is 4.57 Å². The Labute approximate surface area is 315 Å². The first-order chi connectivity index (χ1) is 32.7. The van der Waals surface area contributed by atoms with Crippen LogP contribution in [0.5, 0.6) is 0 Å². The number of nitrogens with zero attached hydrogens (tertiary/aromatic N) is 4. The minimum atomic E-state index is -0.878. The second-order valence-corrected chi connectivity index (χ2v) is 11.2. The maximum Gasteiger partial charge on any atom is 0.235 e. The van der Waals surface area contributed by atoms with Crippen molar-refractivity contribution < 1.29 is 26.0 Å². The number of benzene rings is 7. The smallest absolute Gasteiger partial charge is 0.235 e. The summed E-state index contributed by atoms with van der Waals surface area (Å²) in [6.45, 7) is 0. The Morgan fingerprint density at radius 2 is 0.860 bits per heavy atom. The van der Waals surface area contributed by atoms with Crippen LogP contribution in [0, 0.1) is 0 Å². The van der Waals surface area contributed by atoms with Crippen LogP contribution in [-0.4, -0.2) is 19.1 Å². The molecule has 50 heavy (non-hydrogen) atoms. The fourth-order valence-electron chi connectivity index (χ4n) is 6.11. The zero-order chi connectivity index (χ0) is 49.6. The summed E-state index contributed by atoms with van der Waals surface area (Å²) in [4.78, 5) is 9.69. The summed E-state index contributed by atoms with van der Waals surface area (Å²) >= 11 is 0. The molecule has 0 fully saturated rings. The number of rotatable bonds is 5. The molecule has 0 N–H and O–H groups in total. The van der Waals surface area contributed by atoms with Gasteiger partial charge in [0.2, 0.25) is 5.95 Å². The van der Waals surface area contributed by atoms with Crippen molar-refractivity contribution in [3.63, 3.8) is 0 Å². The molecule has 4 nitrogen and oxygen atoms in total. The van der Waals surface area contributed by atoms with Gasteiger partial charge in [-0.3, -0.25) is 4.57 Å². The standard InChI is InChI=1S/C46H30N4/c1-4-14-31(15-5-1)40-30-41(32-16-6-2-7-17-32)48-46(47-40)50-43-23-13-11-21-37(43)39-29-34(25-27-45(39)50)33-24-26-44-38(28-33)36-20-10-12-22-42(36)49(44)35-18-8-3-9-19-35/h1-30H/i3D,8D,9D,10D,11D,12D,13D,18D,19D,20D,21D,22D,23D,24D,25D,26D,27D,28D,29D. The van der Waals surface area contributed by atoms with Crippen molar-refractivity contribution in [2.75, 3.05) is 0 Å². The summed E-state index contributed by atoms with van der Waals surface area (Å²) in [5.41, 5.74) is -1.41. The number of fused-ring (bicyclic) bond motifs is 6. The van der Waals surface area contributed by atoms with Gasteiger partial charge in [0, 0.05) is 38.4 Å². The number of hydrogen-bond acceptors (Lipinski definition) is 2. The lowest BCUT2D eigenvalue weighted by Gasteiger charge is -2.12. The highest BCUT2D eigenvalue weighted by molar-refractivity contribution is 6.12. The van der Waals surface area contributed by atoms with Gasteiger partial charge in [0.15, 0.2) is 0 Å². The lowest BCUT2D eigenvalue weighted by molar-refractivity contribution is 0.995. The van der Waals surface area contributed by atoms with E-state index in [0.717, 1.165) is 4.57 Å². The monoisotopic (exact) mass is 657 g/mol. The first kappa shape index (κ1) is 15.2. The van der Waals surface area contributed by atoms with E-state index in [1.165, 1.54) is 4.57 Å². The van der Waals surface area contributed by atoms with Gasteiger partial charge in [-0.1, -0.05) is 127 Å². The fourth-order valence-corrected chi connectivity index (χ4v) is 6.11. The van der Waals surface area contributed by atoms with Gasteiger partial charge in [0.1, 0.15) is 0 Å². The van der Waals surface area contributed by atoms with E-state index in [9.17, 15) is 11.0 Å². The Morgan fingerprint density at radius 3 is 1.42 bits per heavy atom. The third-order valence-corrected chi connectivity index (χ3v) is 8.33. The molecule has 0 radical (unpaired) electrons. The fraction of sp³-hybridized carbons (Fsp3) is 0. The van der Waals surface area contributed by atoms with Crippen molar-refractivity contribution in [3.05, 3.63) is 182 Å². The normalized spacial score (nSPS) is 16.9. The first-order valence-electron chi connectivity index (χ1n) is 24.9. The second-order valence-electron chi connectivity index (χ2n) is 11.2. The molecule has 10 rings (SSSR count). The molecular weight excluding hydrogens is 609 g/mol. The van der Waals surface area contributed by atoms with Gasteiger partial charge in [-0.2, -0.15) is 0 Å². The largest absolute Gasteiger partial charge is 0.309 e. The third-order valence-electron chi connectivity index (χ3n) is 8.33. The maximum atomic E-state index is 9.88. The maximum absolute atomic E-state index is 9.88. The van der Waals surface area contributed by atoms with Crippen LogP contribution in [0.1, 0.15) is 26.0 Å². The third kappa shape index (κ3) is 4.54. The van der Waals surface area contributed by atoms with Crippen molar-refractivity contribution in [3.8, 4) is 45.3 Å². The molecule has 0 bridgehead atoms. The predicted octanol–water partition coefficient (Wildman–Crippen LogP) is 11.7.